The largest absolute Gasteiger partial charge is 0.387 e. The summed E-state index contributed by atoms with van der Waals surface area (Å²) in [4.78, 5) is 12.1. The van der Waals surface area contributed by atoms with Gasteiger partial charge in [-0.1, -0.05) is 0 Å². The van der Waals surface area contributed by atoms with Crippen LogP contribution in [0.4, 0.5) is 5.69 Å². The molecule has 21 heavy (non-hydrogen) atoms. The van der Waals surface area contributed by atoms with Crippen LogP contribution in [0.25, 0.3) is 0 Å². The Bertz CT molecular complexity index is 616. The van der Waals surface area contributed by atoms with Crippen molar-refractivity contribution in [3.05, 3.63) is 51.7 Å². The zero-order chi connectivity index (χ0) is 13.9. The lowest BCUT2D eigenvalue weighted by atomic mass is 10.1. The highest BCUT2D eigenvalue weighted by atomic mass is 35.5. The van der Waals surface area contributed by atoms with Crippen molar-refractivity contribution in [1.82, 2.24) is 5.32 Å². The van der Waals surface area contributed by atoms with E-state index in [2.05, 4.69) is 10.6 Å². The highest BCUT2D eigenvalue weighted by Crippen LogP contribution is 2.23. The molecule has 6 heteroatoms. The summed E-state index contributed by atoms with van der Waals surface area (Å²) in [5, 5.41) is 19.8. The molecule has 112 valence electrons. The zero-order valence-electron chi connectivity index (χ0n) is 11.3. The number of carbonyl (C=O) groups is 1. The Labute approximate surface area is 133 Å². The van der Waals surface area contributed by atoms with Crippen LogP contribution >= 0.6 is 23.7 Å². The number of thiophene rings is 1. The maximum Gasteiger partial charge on any atom is 0.251 e. The van der Waals surface area contributed by atoms with E-state index in [0.717, 1.165) is 24.2 Å². The first-order chi connectivity index (χ1) is 9.74. The topological polar surface area (TPSA) is 61.4 Å². The molecule has 0 saturated heterocycles. The molecule has 0 spiro atoms. The molecular weight excluding hydrogens is 308 g/mol. The van der Waals surface area contributed by atoms with Gasteiger partial charge >= 0.3 is 0 Å². The predicted molar refractivity (Wildman–Crippen MR) is 87.5 cm³/mol. The van der Waals surface area contributed by atoms with Gasteiger partial charge < -0.3 is 15.7 Å². The van der Waals surface area contributed by atoms with Gasteiger partial charge in [0.25, 0.3) is 5.91 Å². The fourth-order valence-corrected chi connectivity index (χ4v) is 3.03. The fourth-order valence-electron chi connectivity index (χ4n) is 2.32. The maximum atomic E-state index is 12.1. The summed E-state index contributed by atoms with van der Waals surface area (Å²) in [7, 11) is 0. The van der Waals surface area contributed by atoms with Gasteiger partial charge in [0.2, 0.25) is 0 Å². The van der Waals surface area contributed by atoms with E-state index in [1.165, 1.54) is 16.9 Å². The minimum atomic E-state index is -0.652. The van der Waals surface area contributed by atoms with Crippen molar-refractivity contribution < 1.29 is 9.90 Å². The third kappa shape index (κ3) is 3.56. The van der Waals surface area contributed by atoms with E-state index < -0.39 is 6.10 Å². The number of amides is 1. The van der Waals surface area contributed by atoms with Crippen LogP contribution in [0.1, 0.15) is 27.6 Å². The summed E-state index contributed by atoms with van der Waals surface area (Å²) < 4.78 is 0. The summed E-state index contributed by atoms with van der Waals surface area (Å²) in [6.07, 6.45) is 0.301. The van der Waals surface area contributed by atoms with Crippen molar-refractivity contribution in [1.29, 1.82) is 0 Å². The summed E-state index contributed by atoms with van der Waals surface area (Å²) >= 11 is 1.53. The standard InChI is InChI=1S/C15H16N2O2S.ClH/c18-14(12-4-6-20-9-12)8-17-15(19)11-1-2-13-10(7-11)3-5-16-13;/h1-2,4,6-7,9,14,16,18H,3,5,8H2,(H,17,19);1H. The summed E-state index contributed by atoms with van der Waals surface area (Å²) in [5.74, 6) is -0.144. The van der Waals surface area contributed by atoms with E-state index in [1.54, 1.807) is 0 Å². The van der Waals surface area contributed by atoms with Gasteiger partial charge in [0, 0.05) is 24.3 Å². The first-order valence-electron chi connectivity index (χ1n) is 6.59. The first-order valence-corrected chi connectivity index (χ1v) is 7.53. The highest BCUT2D eigenvalue weighted by Gasteiger charge is 2.14. The molecule has 1 aromatic heterocycles. The minimum absolute atomic E-state index is 0. The van der Waals surface area contributed by atoms with E-state index in [4.69, 9.17) is 0 Å². The van der Waals surface area contributed by atoms with E-state index >= 15 is 0 Å². The predicted octanol–water partition coefficient (Wildman–Crippen LogP) is 2.60. The molecule has 1 amide bonds. The number of anilines is 1. The Balaban J connectivity index is 0.00000161. The number of hydrogen-bond donors (Lipinski definition) is 3. The normalized spacial score (nSPS) is 13.8. The molecule has 1 atom stereocenters. The van der Waals surface area contributed by atoms with Gasteiger partial charge in [-0.2, -0.15) is 11.3 Å². The zero-order valence-corrected chi connectivity index (χ0v) is 13.0. The quantitative estimate of drug-likeness (QED) is 0.810. The van der Waals surface area contributed by atoms with Crippen LogP contribution in [0.15, 0.2) is 35.0 Å². The van der Waals surface area contributed by atoms with E-state index in [1.807, 2.05) is 35.0 Å². The maximum absolute atomic E-state index is 12.1. The third-order valence-electron chi connectivity index (χ3n) is 3.46. The fraction of sp³-hybridized carbons (Fsp3) is 0.267. The number of benzene rings is 1. The number of nitrogens with one attached hydrogen (secondary N) is 2. The van der Waals surface area contributed by atoms with E-state index in [-0.39, 0.29) is 24.9 Å². The van der Waals surface area contributed by atoms with Crippen LogP contribution in [-0.2, 0) is 6.42 Å². The molecule has 0 bridgehead atoms. The van der Waals surface area contributed by atoms with Crippen molar-refractivity contribution in [3.63, 3.8) is 0 Å². The van der Waals surface area contributed by atoms with Crippen LogP contribution in [-0.4, -0.2) is 24.1 Å². The van der Waals surface area contributed by atoms with Gasteiger partial charge in [0.1, 0.15) is 0 Å². The van der Waals surface area contributed by atoms with Crippen molar-refractivity contribution >= 4 is 35.3 Å². The molecule has 2 aromatic rings. The lowest BCUT2D eigenvalue weighted by molar-refractivity contribution is 0.0916. The molecular formula is C15H17ClN2O2S. The molecule has 0 radical (unpaired) electrons. The average molecular weight is 325 g/mol. The minimum Gasteiger partial charge on any atom is -0.387 e. The van der Waals surface area contributed by atoms with Crippen LogP contribution < -0.4 is 10.6 Å². The average Bonchev–Trinajstić information content (AvgIpc) is 3.13. The molecule has 0 aliphatic carbocycles. The molecule has 0 saturated carbocycles. The number of halogens is 1. The molecule has 1 unspecified atom stereocenters. The number of hydrogen-bond acceptors (Lipinski definition) is 4. The number of aliphatic hydroxyl groups excluding tert-OH is 1. The van der Waals surface area contributed by atoms with Gasteiger partial charge in [-0.3, -0.25) is 4.79 Å². The monoisotopic (exact) mass is 324 g/mol. The van der Waals surface area contributed by atoms with E-state index in [0.29, 0.717) is 5.56 Å². The third-order valence-corrected chi connectivity index (χ3v) is 4.16. The Morgan fingerprint density at radius 2 is 2.29 bits per heavy atom. The second-order valence-corrected chi connectivity index (χ2v) is 5.61. The van der Waals surface area contributed by atoms with Crippen molar-refractivity contribution in [2.24, 2.45) is 0 Å². The Hall–Kier alpha value is -1.56. The van der Waals surface area contributed by atoms with Crippen molar-refractivity contribution in [2.45, 2.75) is 12.5 Å². The van der Waals surface area contributed by atoms with Crippen molar-refractivity contribution in [3.8, 4) is 0 Å². The summed E-state index contributed by atoms with van der Waals surface area (Å²) in [5.41, 5.74) is 3.77. The highest BCUT2D eigenvalue weighted by molar-refractivity contribution is 7.07. The Morgan fingerprint density at radius 3 is 3.05 bits per heavy atom. The van der Waals surface area contributed by atoms with Crippen LogP contribution in [0.3, 0.4) is 0 Å². The summed E-state index contributed by atoms with van der Waals surface area (Å²) in [6, 6.07) is 7.53. The number of fused-ring (bicyclic) bond motifs is 1. The first kappa shape index (κ1) is 15.8. The van der Waals surface area contributed by atoms with Gasteiger partial charge in [-0.05, 0) is 52.6 Å². The molecule has 1 aliphatic rings. The lowest BCUT2D eigenvalue weighted by Crippen LogP contribution is -2.28. The Morgan fingerprint density at radius 1 is 1.43 bits per heavy atom. The summed E-state index contributed by atoms with van der Waals surface area (Å²) in [6.45, 7) is 1.15. The SMILES string of the molecule is Cl.O=C(NCC(O)c1ccsc1)c1ccc2c(c1)CCN2. The number of aliphatic hydroxyl groups is 1. The van der Waals surface area contributed by atoms with Gasteiger partial charge in [-0.15, -0.1) is 12.4 Å². The molecule has 3 rings (SSSR count). The van der Waals surface area contributed by atoms with Crippen LogP contribution in [0, 0.1) is 0 Å². The molecule has 3 N–H and O–H groups in total. The number of rotatable bonds is 4. The van der Waals surface area contributed by atoms with Crippen LogP contribution in [0.5, 0.6) is 0 Å². The number of carbonyl (C=O) groups excluding carboxylic acids is 1. The molecule has 2 heterocycles. The van der Waals surface area contributed by atoms with Gasteiger partial charge in [-0.25, -0.2) is 0 Å². The molecule has 4 nitrogen and oxygen atoms in total. The second-order valence-electron chi connectivity index (χ2n) is 4.83. The Kier molecular flexibility index (Phi) is 5.22. The van der Waals surface area contributed by atoms with E-state index in [9.17, 15) is 9.90 Å². The molecule has 0 fully saturated rings. The molecule has 1 aliphatic heterocycles. The lowest BCUT2D eigenvalue weighted by Gasteiger charge is -2.11. The second kappa shape index (κ2) is 6.93. The van der Waals surface area contributed by atoms with Crippen LogP contribution in [0.2, 0.25) is 0 Å². The van der Waals surface area contributed by atoms with Gasteiger partial charge in [0.05, 0.1) is 6.10 Å². The van der Waals surface area contributed by atoms with Crippen molar-refractivity contribution in [2.75, 3.05) is 18.4 Å². The van der Waals surface area contributed by atoms with Gasteiger partial charge in [0.15, 0.2) is 0 Å². The molecule has 1 aromatic carbocycles. The smallest absolute Gasteiger partial charge is 0.251 e.